The molecule has 0 amide bonds. The second kappa shape index (κ2) is 8.32. The molecule has 1 aliphatic rings. The number of carbonyl (C=O) groups is 1. The van der Waals surface area contributed by atoms with Gasteiger partial charge in [0.05, 0.1) is 5.39 Å². The number of Topliss-reactive ketones (excluding diaryl/α,β-unsaturated/α-hetero) is 1. The van der Waals surface area contributed by atoms with Crippen molar-refractivity contribution in [1.29, 1.82) is 0 Å². The molecule has 0 aliphatic heterocycles. The lowest BCUT2D eigenvalue weighted by Crippen LogP contribution is -2.14. The molecule has 0 spiro atoms. The van der Waals surface area contributed by atoms with Crippen LogP contribution in [0.3, 0.4) is 0 Å². The first kappa shape index (κ1) is 20.4. The molecule has 5 nitrogen and oxygen atoms in total. The first-order chi connectivity index (χ1) is 16.2. The van der Waals surface area contributed by atoms with Gasteiger partial charge < -0.3 is 9.97 Å². The topological polar surface area (TPSA) is 78.6 Å². The Hall–Kier alpha value is -3.16. The summed E-state index contributed by atoms with van der Waals surface area (Å²) in [6.45, 7) is 0. The lowest BCUT2D eigenvalue weighted by Gasteiger charge is -2.15. The number of aryl methyl sites for hydroxylation is 2. The van der Waals surface area contributed by atoms with E-state index in [0.717, 1.165) is 52.4 Å². The molecule has 164 valence electrons. The van der Waals surface area contributed by atoms with E-state index < -0.39 is 5.25 Å². The molecule has 0 bridgehead atoms. The van der Waals surface area contributed by atoms with Gasteiger partial charge in [-0.3, -0.25) is 9.59 Å². The largest absolute Gasteiger partial charge is 0.360 e. The first-order valence-corrected chi connectivity index (χ1v) is 12.7. The summed E-state index contributed by atoms with van der Waals surface area (Å²) in [7, 11) is 0. The third-order valence-corrected chi connectivity index (χ3v) is 8.55. The Kier molecular flexibility index (Phi) is 5.15. The lowest BCUT2D eigenvalue weighted by molar-refractivity contribution is 0.0991. The number of carbonyl (C=O) groups excluding carboxylic acids is 1. The zero-order chi connectivity index (χ0) is 22.4. The van der Waals surface area contributed by atoms with Crippen LogP contribution in [-0.4, -0.2) is 20.7 Å². The van der Waals surface area contributed by atoms with Crippen molar-refractivity contribution in [2.24, 2.45) is 0 Å². The number of rotatable bonds is 5. The van der Waals surface area contributed by atoms with Crippen molar-refractivity contribution in [1.82, 2.24) is 15.0 Å². The van der Waals surface area contributed by atoms with Gasteiger partial charge in [-0.1, -0.05) is 60.3 Å². The average Bonchev–Trinajstić information content (AvgIpc) is 3.44. The number of thiophene rings is 1. The Bertz CT molecular complexity index is 1550. The van der Waals surface area contributed by atoms with Crippen LogP contribution in [0.15, 0.2) is 70.7 Å². The molecule has 7 heteroatoms. The molecule has 3 aromatic heterocycles. The van der Waals surface area contributed by atoms with Crippen LogP contribution in [0.25, 0.3) is 21.1 Å². The molecule has 2 aromatic carbocycles. The minimum Gasteiger partial charge on any atom is -0.360 e. The van der Waals surface area contributed by atoms with Crippen molar-refractivity contribution in [3.05, 3.63) is 92.7 Å². The van der Waals surface area contributed by atoms with E-state index in [0.29, 0.717) is 10.7 Å². The Morgan fingerprint density at radius 2 is 1.82 bits per heavy atom. The van der Waals surface area contributed by atoms with Crippen LogP contribution in [0, 0.1) is 0 Å². The van der Waals surface area contributed by atoms with E-state index in [4.69, 9.17) is 4.98 Å². The van der Waals surface area contributed by atoms with Crippen LogP contribution in [0.2, 0.25) is 0 Å². The molecule has 1 aliphatic carbocycles. The van der Waals surface area contributed by atoms with Gasteiger partial charge in [-0.15, -0.1) is 11.3 Å². The molecule has 3 heterocycles. The predicted molar refractivity (Wildman–Crippen MR) is 135 cm³/mol. The normalized spacial score (nSPS) is 14.4. The number of aromatic amines is 2. The maximum Gasteiger partial charge on any atom is 0.260 e. The molecule has 6 rings (SSSR count). The minimum absolute atomic E-state index is 0.0168. The number of para-hydroxylation sites is 1. The number of thioether (sulfide) groups is 1. The zero-order valence-corrected chi connectivity index (χ0v) is 19.4. The summed E-state index contributed by atoms with van der Waals surface area (Å²) in [6, 6.07) is 17.5. The molecular weight excluding hydrogens is 450 g/mol. The fourth-order valence-electron chi connectivity index (χ4n) is 4.63. The van der Waals surface area contributed by atoms with E-state index in [1.54, 1.807) is 17.5 Å². The highest BCUT2D eigenvalue weighted by atomic mass is 32.2. The van der Waals surface area contributed by atoms with Gasteiger partial charge in [0.2, 0.25) is 0 Å². The van der Waals surface area contributed by atoms with E-state index in [1.165, 1.54) is 22.2 Å². The molecule has 0 saturated carbocycles. The number of H-pyrrole nitrogens is 2. The van der Waals surface area contributed by atoms with E-state index >= 15 is 0 Å². The molecule has 0 radical (unpaired) electrons. The van der Waals surface area contributed by atoms with E-state index in [1.807, 2.05) is 54.6 Å². The predicted octanol–water partition coefficient (Wildman–Crippen LogP) is 6.06. The highest BCUT2D eigenvalue weighted by Crippen LogP contribution is 2.39. The molecule has 1 unspecified atom stereocenters. The third-order valence-electron chi connectivity index (χ3n) is 6.23. The summed E-state index contributed by atoms with van der Waals surface area (Å²) in [6.07, 6.45) is 6.01. The van der Waals surface area contributed by atoms with Crippen molar-refractivity contribution in [3.8, 4) is 0 Å². The van der Waals surface area contributed by atoms with Crippen LogP contribution in [0.5, 0.6) is 0 Å². The molecule has 33 heavy (non-hydrogen) atoms. The van der Waals surface area contributed by atoms with Crippen LogP contribution in [0.1, 0.15) is 44.5 Å². The van der Waals surface area contributed by atoms with Gasteiger partial charge >= 0.3 is 0 Å². The van der Waals surface area contributed by atoms with Gasteiger partial charge in [0, 0.05) is 27.5 Å². The number of ketones is 1. The summed E-state index contributed by atoms with van der Waals surface area (Å²) in [4.78, 5) is 39.8. The van der Waals surface area contributed by atoms with Crippen LogP contribution in [0.4, 0.5) is 0 Å². The first-order valence-electron chi connectivity index (χ1n) is 11.1. The van der Waals surface area contributed by atoms with E-state index in [9.17, 15) is 9.59 Å². The van der Waals surface area contributed by atoms with Crippen LogP contribution in [-0.2, 0) is 12.8 Å². The van der Waals surface area contributed by atoms with Crippen molar-refractivity contribution in [3.63, 3.8) is 0 Å². The molecule has 2 N–H and O–H groups in total. The molecule has 5 aromatic rings. The molecule has 1 atom stereocenters. The summed E-state index contributed by atoms with van der Waals surface area (Å²) in [5.41, 5.74) is 3.51. The van der Waals surface area contributed by atoms with Crippen LogP contribution >= 0.6 is 23.1 Å². The molecule has 0 saturated heterocycles. The number of nitrogens with one attached hydrogen (secondary N) is 2. The smallest absolute Gasteiger partial charge is 0.260 e. The number of aromatic nitrogens is 3. The monoisotopic (exact) mass is 471 g/mol. The fourth-order valence-corrected chi connectivity index (χ4v) is 6.99. The quantitative estimate of drug-likeness (QED) is 0.185. The van der Waals surface area contributed by atoms with Crippen molar-refractivity contribution in [2.45, 2.75) is 36.1 Å². The Morgan fingerprint density at radius 1 is 1.03 bits per heavy atom. The number of hydrogen-bond acceptors (Lipinski definition) is 5. The standard InChI is InChI=1S/C26H21N3O2S2/c30-22(18-14-27-19-12-6-4-10-16(18)19)23(15-8-2-1-3-9-15)33-26-28-24(31)21-17-11-5-7-13-20(17)32-25(21)29-26/h1-4,6,8-10,12,14,23,27H,5,7,11,13H2,(H,28,29,31). The SMILES string of the molecule is O=C(c1c[nH]c2ccccc12)C(Sc1nc2sc3c(c2c(=O)[nH]1)CCCC3)c1ccccc1. The minimum atomic E-state index is -0.527. The van der Waals surface area contributed by atoms with Crippen molar-refractivity contribution >= 4 is 50.0 Å². The Labute approximate surface area is 198 Å². The van der Waals surface area contributed by atoms with Crippen LogP contribution < -0.4 is 5.56 Å². The van der Waals surface area contributed by atoms with Crippen molar-refractivity contribution < 1.29 is 4.79 Å². The fraction of sp³-hybridized carbons (Fsp3) is 0.192. The number of benzene rings is 2. The summed E-state index contributed by atoms with van der Waals surface area (Å²) >= 11 is 2.93. The number of fused-ring (bicyclic) bond motifs is 4. The van der Waals surface area contributed by atoms with Gasteiger partial charge in [-0.05, 0) is 42.9 Å². The third kappa shape index (κ3) is 3.61. The summed E-state index contributed by atoms with van der Waals surface area (Å²) in [5.74, 6) is -0.0168. The van der Waals surface area contributed by atoms with Gasteiger partial charge in [-0.2, -0.15) is 0 Å². The van der Waals surface area contributed by atoms with Gasteiger partial charge in [0.1, 0.15) is 10.1 Å². The lowest BCUT2D eigenvalue weighted by atomic mass is 9.97. The van der Waals surface area contributed by atoms with Gasteiger partial charge in [0.25, 0.3) is 5.56 Å². The highest BCUT2D eigenvalue weighted by Gasteiger charge is 2.27. The molecule has 0 fully saturated rings. The highest BCUT2D eigenvalue weighted by molar-refractivity contribution is 8.00. The van der Waals surface area contributed by atoms with E-state index in [2.05, 4.69) is 9.97 Å². The Morgan fingerprint density at radius 3 is 2.70 bits per heavy atom. The Balaban J connectivity index is 1.43. The summed E-state index contributed by atoms with van der Waals surface area (Å²) < 4.78 is 0. The zero-order valence-electron chi connectivity index (χ0n) is 17.8. The maximum atomic E-state index is 13.8. The van der Waals surface area contributed by atoms with E-state index in [-0.39, 0.29) is 11.3 Å². The second-order valence-corrected chi connectivity index (χ2v) is 10.5. The van der Waals surface area contributed by atoms with Gasteiger partial charge in [-0.25, -0.2) is 4.98 Å². The maximum absolute atomic E-state index is 13.8. The molecular formula is C26H21N3O2S2. The number of hydrogen-bond donors (Lipinski definition) is 2. The summed E-state index contributed by atoms with van der Waals surface area (Å²) in [5, 5.41) is 1.58. The van der Waals surface area contributed by atoms with Crippen molar-refractivity contribution in [2.75, 3.05) is 0 Å². The van der Waals surface area contributed by atoms with Gasteiger partial charge in [0.15, 0.2) is 10.9 Å². The number of nitrogens with zero attached hydrogens (tertiary/aromatic N) is 1. The second-order valence-electron chi connectivity index (χ2n) is 8.28. The average molecular weight is 472 g/mol.